The third kappa shape index (κ3) is 1.73. The van der Waals surface area contributed by atoms with Crippen molar-refractivity contribution in [2.24, 2.45) is 0 Å². The second-order valence-corrected chi connectivity index (χ2v) is 4.71. The minimum Gasteiger partial charge on any atom is -0.465 e. The molecule has 0 amide bonds. The molecule has 16 heavy (non-hydrogen) atoms. The Morgan fingerprint density at radius 1 is 1.62 bits per heavy atom. The van der Waals surface area contributed by atoms with Crippen LogP contribution in [-0.2, 0) is 4.74 Å². The molecule has 0 unspecified atom stereocenters. The molecule has 2 aromatic heterocycles. The second kappa shape index (κ2) is 4.50. The summed E-state index contributed by atoms with van der Waals surface area (Å²) in [5, 5.41) is 0.597. The maximum absolute atomic E-state index is 11.6. The van der Waals surface area contributed by atoms with E-state index in [4.69, 9.17) is 0 Å². The van der Waals surface area contributed by atoms with Crippen LogP contribution in [0.25, 0.3) is 10.9 Å². The first kappa shape index (κ1) is 11.5. The highest BCUT2D eigenvalue weighted by atomic mass is 127. The standard InChI is InChI=1S/C9H7IN2O3S/c1-15-9(14)6-4-11-8(13)7-5(6)2-3-12(7)16-10/h2-4H,1H3,(H,11,13). The monoisotopic (exact) mass is 350 g/mol. The lowest BCUT2D eigenvalue weighted by molar-refractivity contribution is 0.0602. The number of aromatic nitrogens is 2. The van der Waals surface area contributed by atoms with E-state index in [1.165, 1.54) is 22.4 Å². The highest BCUT2D eigenvalue weighted by Gasteiger charge is 2.15. The largest absolute Gasteiger partial charge is 0.465 e. The highest BCUT2D eigenvalue weighted by Crippen LogP contribution is 2.24. The zero-order chi connectivity index (χ0) is 11.7. The van der Waals surface area contributed by atoms with Crippen LogP contribution in [0.1, 0.15) is 10.4 Å². The number of rotatable bonds is 2. The molecule has 84 valence electrons. The Hall–Kier alpha value is -0.960. The molecule has 1 N–H and O–H groups in total. The summed E-state index contributed by atoms with van der Waals surface area (Å²) in [7, 11) is 2.67. The van der Waals surface area contributed by atoms with Gasteiger partial charge < -0.3 is 9.72 Å². The van der Waals surface area contributed by atoms with Gasteiger partial charge >= 0.3 is 5.97 Å². The zero-order valence-corrected chi connectivity index (χ0v) is 11.2. The molecule has 2 rings (SSSR count). The molecular formula is C9H7IN2O3S. The molecule has 0 fully saturated rings. The van der Waals surface area contributed by atoms with Gasteiger partial charge in [0.05, 0.1) is 12.7 Å². The first-order valence-corrected chi connectivity index (χ1v) is 7.60. The normalized spacial score (nSPS) is 10.6. The Labute approximate surface area is 107 Å². The molecule has 2 heterocycles. The average Bonchev–Trinajstić information content (AvgIpc) is 2.73. The molecule has 0 bridgehead atoms. The van der Waals surface area contributed by atoms with Crippen molar-refractivity contribution in [3.8, 4) is 0 Å². The summed E-state index contributed by atoms with van der Waals surface area (Å²) in [5.74, 6) is -0.461. The molecule has 5 nitrogen and oxygen atoms in total. The molecule has 0 saturated heterocycles. The van der Waals surface area contributed by atoms with Crippen molar-refractivity contribution in [1.82, 2.24) is 8.96 Å². The Morgan fingerprint density at radius 2 is 2.38 bits per heavy atom. The van der Waals surface area contributed by atoms with E-state index in [-0.39, 0.29) is 5.56 Å². The Kier molecular flexibility index (Phi) is 3.24. The van der Waals surface area contributed by atoms with Crippen LogP contribution in [0.5, 0.6) is 0 Å². The van der Waals surface area contributed by atoms with Crippen LogP contribution in [0, 0.1) is 0 Å². The van der Waals surface area contributed by atoms with E-state index < -0.39 is 5.97 Å². The van der Waals surface area contributed by atoms with E-state index in [2.05, 4.69) is 30.9 Å². The van der Waals surface area contributed by atoms with Gasteiger partial charge in [-0.2, -0.15) is 0 Å². The van der Waals surface area contributed by atoms with Crippen molar-refractivity contribution < 1.29 is 9.53 Å². The van der Waals surface area contributed by atoms with E-state index in [1.54, 1.807) is 16.2 Å². The van der Waals surface area contributed by atoms with Crippen molar-refractivity contribution in [3.63, 3.8) is 0 Å². The predicted molar refractivity (Wildman–Crippen MR) is 70.9 cm³/mol. The molecule has 0 aromatic carbocycles. The Morgan fingerprint density at radius 3 is 3.00 bits per heavy atom. The summed E-state index contributed by atoms with van der Waals surface area (Å²) in [6, 6.07) is 1.72. The van der Waals surface area contributed by atoms with Gasteiger partial charge in [-0.3, -0.25) is 8.77 Å². The zero-order valence-electron chi connectivity index (χ0n) is 8.19. The smallest absolute Gasteiger partial charge is 0.340 e. The number of fused-ring (bicyclic) bond motifs is 1. The molecule has 2 aromatic rings. The number of pyridine rings is 1. The number of nitrogens with one attached hydrogen (secondary N) is 1. The van der Waals surface area contributed by atoms with Crippen LogP contribution in [-0.4, -0.2) is 22.0 Å². The number of hydrogen-bond acceptors (Lipinski definition) is 4. The van der Waals surface area contributed by atoms with Crippen LogP contribution in [0.2, 0.25) is 0 Å². The summed E-state index contributed by atoms with van der Waals surface area (Å²) in [6.45, 7) is 0. The summed E-state index contributed by atoms with van der Waals surface area (Å²) in [6.07, 6.45) is 3.11. The number of halogens is 1. The van der Waals surface area contributed by atoms with Gasteiger partial charge in [-0.25, -0.2) is 4.79 Å². The molecule has 0 aliphatic carbocycles. The lowest BCUT2D eigenvalue weighted by Gasteiger charge is -2.01. The summed E-state index contributed by atoms with van der Waals surface area (Å²) in [4.78, 5) is 25.6. The first-order valence-electron chi connectivity index (χ1n) is 4.29. The van der Waals surface area contributed by atoms with Crippen LogP contribution in [0.15, 0.2) is 23.3 Å². The third-order valence-corrected chi connectivity index (χ3v) is 3.91. The maximum atomic E-state index is 11.6. The van der Waals surface area contributed by atoms with Gasteiger partial charge in [-0.1, -0.05) is 0 Å². The van der Waals surface area contributed by atoms with Gasteiger partial charge in [0.1, 0.15) is 5.52 Å². The molecular weight excluding hydrogens is 343 g/mol. The van der Waals surface area contributed by atoms with Gasteiger partial charge in [0.15, 0.2) is 0 Å². The number of carbonyl (C=O) groups is 1. The van der Waals surface area contributed by atoms with E-state index >= 15 is 0 Å². The minimum atomic E-state index is -0.461. The first-order chi connectivity index (χ1) is 7.69. The molecule has 0 saturated carbocycles. The molecule has 0 radical (unpaired) electrons. The van der Waals surface area contributed by atoms with E-state index in [0.717, 1.165) is 0 Å². The molecule has 0 spiro atoms. The molecule has 0 aliphatic rings. The van der Waals surface area contributed by atoms with Gasteiger partial charge in [0, 0.05) is 48.1 Å². The highest BCUT2D eigenvalue weighted by molar-refractivity contribution is 14.2. The number of H-pyrrole nitrogens is 1. The van der Waals surface area contributed by atoms with Crippen molar-refractivity contribution in [2.75, 3.05) is 7.11 Å². The molecule has 0 atom stereocenters. The van der Waals surface area contributed by atoms with E-state index in [9.17, 15) is 9.59 Å². The Balaban J connectivity index is 2.80. The Bertz CT molecular complexity index is 604. The van der Waals surface area contributed by atoms with Crippen LogP contribution >= 0.6 is 30.3 Å². The van der Waals surface area contributed by atoms with Crippen molar-refractivity contribution >= 4 is 47.2 Å². The summed E-state index contributed by atoms with van der Waals surface area (Å²) in [5.41, 5.74) is 0.598. The topological polar surface area (TPSA) is 64.1 Å². The molecule has 0 aliphatic heterocycles. The van der Waals surface area contributed by atoms with Gasteiger partial charge in [-0.05, 0) is 6.07 Å². The fourth-order valence-corrected chi connectivity index (χ4v) is 2.82. The average molecular weight is 350 g/mol. The fourth-order valence-electron chi connectivity index (χ4n) is 1.47. The van der Waals surface area contributed by atoms with Crippen molar-refractivity contribution in [3.05, 3.63) is 34.4 Å². The summed E-state index contributed by atoms with van der Waals surface area (Å²) < 4.78 is 6.34. The van der Waals surface area contributed by atoms with Crippen molar-refractivity contribution in [2.45, 2.75) is 0 Å². The van der Waals surface area contributed by atoms with Crippen LogP contribution in [0.4, 0.5) is 0 Å². The SMILES string of the molecule is COC(=O)c1c[nH]c(=O)c2c1ccn2SI. The number of carbonyl (C=O) groups excluding carboxylic acids is 1. The lowest BCUT2D eigenvalue weighted by atomic mass is 10.2. The van der Waals surface area contributed by atoms with Gasteiger partial charge in [-0.15, -0.1) is 0 Å². The minimum absolute atomic E-state index is 0.225. The lowest BCUT2D eigenvalue weighted by Crippen LogP contribution is -2.12. The second-order valence-electron chi connectivity index (χ2n) is 3.00. The van der Waals surface area contributed by atoms with Crippen LogP contribution in [0.3, 0.4) is 0 Å². The number of esters is 1. The maximum Gasteiger partial charge on any atom is 0.340 e. The van der Waals surface area contributed by atoms with Gasteiger partial charge in [0.25, 0.3) is 5.56 Å². The number of hydrogen-bond donors (Lipinski definition) is 1. The van der Waals surface area contributed by atoms with Crippen LogP contribution < -0.4 is 5.56 Å². The van der Waals surface area contributed by atoms with Gasteiger partial charge in [0.2, 0.25) is 0 Å². The number of methoxy groups -OCH3 is 1. The number of nitrogens with zero attached hydrogens (tertiary/aromatic N) is 1. The predicted octanol–water partition coefficient (Wildman–Crippen LogP) is 1.96. The number of aromatic amines is 1. The van der Waals surface area contributed by atoms with E-state index in [1.807, 2.05) is 0 Å². The molecule has 7 heteroatoms. The van der Waals surface area contributed by atoms with E-state index in [0.29, 0.717) is 16.5 Å². The summed E-state index contributed by atoms with van der Waals surface area (Å²) >= 11 is 2.06. The quantitative estimate of drug-likeness (QED) is 0.664. The van der Waals surface area contributed by atoms with Crippen molar-refractivity contribution in [1.29, 1.82) is 0 Å². The third-order valence-electron chi connectivity index (χ3n) is 2.18. The fraction of sp³-hybridized carbons (Fsp3) is 0.111. The number of ether oxygens (including phenoxy) is 1.